The summed E-state index contributed by atoms with van der Waals surface area (Å²) in [6.45, 7) is 0. The standard InChI is InChI=1S/C25H19N3O6S2/c1-33-22-12-17-19(13-20(22)29)26-9-8-21(17)34-15-6-7-18-23(11-15)35-25(27-18)28-24(30)14-4-3-5-16(10-14)36(2,31)32/h3-13,29H,1-2H3,(H,27,28,30). The van der Waals surface area contributed by atoms with E-state index in [0.29, 0.717) is 38.8 Å². The van der Waals surface area contributed by atoms with Crippen molar-refractivity contribution in [1.29, 1.82) is 0 Å². The lowest BCUT2D eigenvalue weighted by Crippen LogP contribution is -2.12. The molecule has 0 aliphatic rings. The fraction of sp³-hybridized carbons (Fsp3) is 0.0800. The van der Waals surface area contributed by atoms with Crippen molar-refractivity contribution in [3.8, 4) is 23.0 Å². The Morgan fingerprint density at radius 1 is 1.03 bits per heavy atom. The van der Waals surface area contributed by atoms with Gasteiger partial charge in [0.2, 0.25) is 0 Å². The summed E-state index contributed by atoms with van der Waals surface area (Å²) >= 11 is 1.26. The van der Waals surface area contributed by atoms with Gasteiger partial charge in [-0.05, 0) is 42.5 Å². The average molecular weight is 522 g/mol. The molecule has 36 heavy (non-hydrogen) atoms. The van der Waals surface area contributed by atoms with Crippen molar-refractivity contribution in [2.45, 2.75) is 4.90 Å². The molecule has 5 aromatic rings. The molecule has 0 radical (unpaired) electrons. The topological polar surface area (TPSA) is 128 Å². The molecule has 0 fully saturated rings. The van der Waals surface area contributed by atoms with Gasteiger partial charge in [-0.2, -0.15) is 0 Å². The molecule has 1 amide bonds. The predicted molar refractivity (Wildman–Crippen MR) is 137 cm³/mol. The number of nitrogens with one attached hydrogen (secondary N) is 1. The van der Waals surface area contributed by atoms with Gasteiger partial charge in [0.25, 0.3) is 5.91 Å². The first kappa shape index (κ1) is 23.5. The van der Waals surface area contributed by atoms with E-state index in [4.69, 9.17) is 9.47 Å². The Morgan fingerprint density at radius 2 is 1.86 bits per heavy atom. The molecule has 0 atom stereocenters. The number of hydrogen-bond acceptors (Lipinski definition) is 9. The van der Waals surface area contributed by atoms with Crippen LogP contribution < -0.4 is 14.8 Å². The third-order valence-corrected chi connectivity index (χ3v) is 7.38. The van der Waals surface area contributed by atoms with Crippen LogP contribution in [0.2, 0.25) is 0 Å². The third-order valence-electron chi connectivity index (χ3n) is 5.33. The molecule has 0 aliphatic heterocycles. The maximum Gasteiger partial charge on any atom is 0.257 e. The number of aromatic nitrogens is 2. The molecule has 3 aromatic carbocycles. The molecule has 9 nitrogen and oxygen atoms in total. The van der Waals surface area contributed by atoms with Crippen LogP contribution in [0, 0.1) is 0 Å². The monoisotopic (exact) mass is 521 g/mol. The third kappa shape index (κ3) is 4.66. The number of carbonyl (C=O) groups is 1. The average Bonchev–Trinajstić information content (AvgIpc) is 3.25. The number of aromatic hydroxyl groups is 1. The van der Waals surface area contributed by atoms with Gasteiger partial charge in [0.05, 0.1) is 27.7 Å². The molecule has 0 unspecified atom stereocenters. The Labute approximate surface area is 209 Å². The lowest BCUT2D eigenvalue weighted by Gasteiger charge is -2.10. The number of methoxy groups -OCH3 is 1. The fourth-order valence-electron chi connectivity index (χ4n) is 3.58. The van der Waals surface area contributed by atoms with Crippen LogP contribution in [0.5, 0.6) is 23.0 Å². The van der Waals surface area contributed by atoms with Gasteiger partial charge in [-0.25, -0.2) is 13.4 Å². The molecule has 0 saturated carbocycles. The fourth-order valence-corrected chi connectivity index (χ4v) is 5.13. The second-order valence-electron chi connectivity index (χ2n) is 7.86. The van der Waals surface area contributed by atoms with Crippen molar-refractivity contribution in [3.05, 3.63) is 72.4 Å². The quantitative estimate of drug-likeness (QED) is 0.319. The minimum Gasteiger partial charge on any atom is -0.504 e. The Balaban J connectivity index is 1.40. The van der Waals surface area contributed by atoms with E-state index < -0.39 is 15.7 Å². The maximum absolute atomic E-state index is 12.7. The number of amides is 1. The zero-order chi connectivity index (χ0) is 25.4. The van der Waals surface area contributed by atoms with E-state index >= 15 is 0 Å². The van der Waals surface area contributed by atoms with Crippen molar-refractivity contribution in [2.24, 2.45) is 0 Å². The lowest BCUT2D eigenvalue weighted by atomic mass is 10.2. The van der Waals surface area contributed by atoms with E-state index in [2.05, 4.69) is 15.3 Å². The lowest BCUT2D eigenvalue weighted by molar-refractivity contribution is 0.102. The molecular weight excluding hydrogens is 502 g/mol. The van der Waals surface area contributed by atoms with Crippen LogP contribution >= 0.6 is 11.3 Å². The van der Waals surface area contributed by atoms with Crippen LogP contribution in [0.15, 0.2) is 71.8 Å². The first-order valence-corrected chi connectivity index (χ1v) is 13.3. The highest BCUT2D eigenvalue weighted by atomic mass is 32.2. The Morgan fingerprint density at radius 3 is 2.64 bits per heavy atom. The van der Waals surface area contributed by atoms with Gasteiger partial charge in [0.15, 0.2) is 26.5 Å². The number of ether oxygens (including phenoxy) is 2. The number of sulfone groups is 1. The number of phenols is 1. The summed E-state index contributed by atoms with van der Waals surface area (Å²) in [4.78, 5) is 21.5. The molecule has 5 rings (SSSR count). The van der Waals surface area contributed by atoms with E-state index in [-0.39, 0.29) is 16.2 Å². The van der Waals surface area contributed by atoms with Gasteiger partial charge in [0.1, 0.15) is 11.5 Å². The van der Waals surface area contributed by atoms with Crippen molar-refractivity contribution >= 4 is 53.3 Å². The molecule has 0 bridgehead atoms. The number of thiazole rings is 1. The zero-order valence-corrected chi connectivity index (χ0v) is 20.7. The summed E-state index contributed by atoms with van der Waals surface area (Å²) in [5.74, 6) is 0.904. The molecule has 2 aromatic heterocycles. The molecule has 0 spiro atoms. The van der Waals surface area contributed by atoms with Crippen molar-refractivity contribution in [2.75, 3.05) is 18.7 Å². The second-order valence-corrected chi connectivity index (χ2v) is 10.9. The van der Waals surface area contributed by atoms with E-state index in [1.807, 2.05) is 0 Å². The molecule has 11 heteroatoms. The molecular formula is C25H19N3O6S2. The van der Waals surface area contributed by atoms with Gasteiger partial charge < -0.3 is 14.6 Å². The summed E-state index contributed by atoms with van der Waals surface area (Å²) in [6, 6.07) is 16.0. The van der Waals surface area contributed by atoms with Crippen molar-refractivity contribution in [3.63, 3.8) is 0 Å². The smallest absolute Gasteiger partial charge is 0.257 e. The van der Waals surface area contributed by atoms with E-state index in [0.717, 1.165) is 11.0 Å². The largest absolute Gasteiger partial charge is 0.504 e. The van der Waals surface area contributed by atoms with Gasteiger partial charge in [-0.15, -0.1) is 0 Å². The highest BCUT2D eigenvalue weighted by molar-refractivity contribution is 7.90. The Bertz CT molecular complexity index is 1750. The first-order valence-electron chi connectivity index (χ1n) is 10.6. The van der Waals surface area contributed by atoms with Crippen LogP contribution in [0.3, 0.4) is 0 Å². The van der Waals surface area contributed by atoms with E-state index in [1.54, 1.807) is 36.5 Å². The predicted octanol–water partition coefficient (Wildman–Crippen LogP) is 5.01. The van der Waals surface area contributed by atoms with Crippen LogP contribution in [0.1, 0.15) is 10.4 Å². The summed E-state index contributed by atoms with van der Waals surface area (Å²) in [7, 11) is -1.97. The highest BCUT2D eigenvalue weighted by Crippen LogP contribution is 2.37. The number of anilines is 1. The SMILES string of the molecule is COc1cc2c(Oc3ccc4nc(NC(=O)c5cccc(S(C)(=O)=O)c5)sc4c3)ccnc2cc1O. The van der Waals surface area contributed by atoms with Crippen LogP contribution in [0.25, 0.3) is 21.1 Å². The first-order chi connectivity index (χ1) is 17.2. The number of pyridine rings is 1. The number of phenolic OH excluding ortho intramolecular Hbond substituents is 1. The van der Waals surface area contributed by atoms with Crippen LogP contribution in [-0.2, 0) is 9.84 Å². The Kier molecular flexibility index (Phi) is 5.94. The van der Waals surface area contributed by atoms with Crippen molar-refractivity contribution < 1.29 is 27.8 Å². The molecule has 2 heterocycles. The normalized spacial score (nSPS) is 11.5. The Hall–Kier alpha value is -4.22. The summed E-state index contributed by atoms with van der Waals surface area (Å²) < 4.78 is 35.7. The summed E-state index contributed by atoms with van der Waals surface area (Å²) in [5.41, 5.74) is 1.43. The zero-order valence-electron chi connectivity index (χ0n) is 19.1. The molecule has 0 aliphatic carbocycles. The van der Waals surface area contributed by atoms with Gasteiger partial charge in [-0.3, -0.25) is 15.1 Å². The number of benzene rings is 3. The minimum atomic E-state index is -3.43. The number of rotatable bonds is 6. The minimum absolute atomic E-state index is 0.0154. The van der Waals surface area contributed by atoms with Gasteiger partial charge in [-0.1, -0.05) is 17.4 Å². The van der Waals surface area contributed by atoms with Gasteiger partial charge >= 0.3 is 0 Å². The molecule has 2 N–H and O–H groups in total. The van der Waals surface area contributed by atoms with Crippen molar-refractivity contribution in [1.82, 2.24) is 9.97 Å². The molecule has 182 valence electrons. The van der Waals surface area contributed by atoms with E-state index in [9.17, 15) is 18.3 Å². The molecule has 0 saturated heterocycles. The number of carbonyl (C=O) groups excluding carboxylic acids is 1. The number of nitrogens with zero attached hydrogens (tertiary/aromatic N) is 2. The summed E-state index contributed by atoms with van der Waals surface area (Å²) in [6.07, 6.45) is 2.67. The van der Waals surface area contributed by atoms with Crippen LogP contribution in [0.4, 0.5) is 5.13 Å². The summed E-state index contributed by atoms with van der Waals surface area (Å²) in [5, 5.41) is 13.8. The van der Waals surface area contributed by atoms with Crippen LogP contribution in [-0.4, -0.2) is 42.8 Å². The van der Waals surface area contributed by atoms with Gasteiger partial charge in [0, 0.05) is 35.5 Å². The highest BCUT2D eigenvalue weighted by Gasteiger charge is 2.15. The number of fused-ring (bicyclic) bond motifs is 2. The maximum atomic E-state index is 12.7. The van der Waals surface area contributed by atoms with E-state index in [1.165, 1.54) is 48.8 Å². The second kappa shape index (κ2) is 9.10. The number of hydrogen-bond donors (Lipinski definition) is 2.